The maximum Gasteiger partial charge on any atom is 0.245 e. The van der Waals surface area contributed by atoms with E-state index >= 15 is 0 Å². The van der Waals surface area contributed by atoms with Crippen LogP contribution in [-0.2, 0) is 9.68 Å². The first-order valence-electron chi connectivity index (χ1n) is 2.67. The van der Waals surface area contributed by atoms with Crippen LogP contribution in [0.2, 0.25) is 0 Å². The normalized spacial score (nSPS) is 17.4. The minimum absolute atomic E-state index is 0.148. The molecule has 60 valence electrons. The molecular weight excluding hydrogens is 186 g/mol. The van der Waals surface area contributed by atoms with Crippen molar-refractivity contribution in [2.75, 3.05) is 5.75 Å². The third-order valence-corrected chi connectivity index (χ3v) is 2.46. The molecule has 0 aromatic heterocycles. The van der Waals surface area contributed by atoms with Crippen molar-refractivity contribution < 1.29 is 14.9 Å². The average molecular weight is 191 g/mol. The Bertz CT molecular complexity index is 212. The van der Waals surface area contributed by atoms with Crippen molar-refractivity contribution in [1.29, 1.82) is 0 Å². The van der Waals surface area contributed by atoms with Crippen LogP contribution >= 0.6 is 24.0 Å². The van der Waals surface area contributed by atoms with Gasteiger partial charge in [-0.3, -0.25) is 4.79 Å². The van der Waals surface area contributed by atoms with Crippen LogP contribution in [0.5, 0.6) is 0 Å². The lowest BCUT2D eigenvalue weighted by Gasteiger charge is -2.12. The van der Waals surface area contributed by atoms with Gasteiger partial charge < -0.3 is 4.89 Å². The van der Waals surface area contributed by atoms with Crippen LogP contribution in [0.15, 0.2) is 12.5 Å². The van der Waals surface area contributed by atoms with E-state index in [0.717, 1.165) is 4.90 Å². The van der Waals surface area contributed by atoms with Gasteiger partial charge in [-0.1, -0.05) is 24.0 Å². The topological polar surface area (TPSA) is 49.8 Å². The van der Waals surface area contributed by atoms with Gasteiger partial charge in [0, 0.05) is 0 Å². The van der Waals surface area contributed by atoms with Crippen LogP contribution in [0, 0.1) is 0 Å². The van der Waals surface area contributed by atoms with Crippen molar-refractivity contribution in [1.82, 2.24) is 4.90 Å². The Kier molecular flexibility index (Phi) is 2.48. The van der Waals surface area contributed by atoms with E-state index in [0.29, 0.717) is 4.32 Å². The molecule has 0 saturated carbocycles. The van der Waals surface area contributed by atoms with Gasteiger partial charge in [-0.25, -0.2) is 10.2 Å². The molecule has 1 fully saturated rings. The molecule has 1 aliphatic heterocycles. The molecule has 0 aromatic carbocycles. The summed E-state index contributed by atoms with van der Waals surface area (Å²) >= 11 is 5.99. The summed E-state index contributed by atoms with van der Waals surface area (Å²) in [6.07, 6.45) is 0. The number of hydrogen-bond acceptors (Lipinski definition) is 5. The van der Waals surface area contributed by atoms with E-state index in [1.165, 1.54) is 11.8 Å². The van der Waals surface area contributed by atoms with Gasteiger partial charge in [-0.15, -0.1) is 0 Å². The maximum absolute atomic E-state index is 11.0. The number of nitrogens with zero attached hydrogens (tertiary/aromatic N) is 1. The number of hydrogen-bond donors (Lipinski definition) is 1. The van der Waals surface area contributed by atoms with Crippen LogP contribution in [-0.4, -0.2) is 26.1 Å². The highest BCUT2D eigenvalue weighted by molar-refractivity contribution is 8.24. The molecule has 1 aliphatic rings. The number of thioether (sulfide) groups is 1. The largest absolute Gasteiger partial charge is 0.322 e. The van der Waals surface area contributed by atoms with Gasteiger partial charge in [0.15, 0.2) is 4.32 Å². The highest BCUT2D eigenvalue weighted by atomic mass is 32.2. The lowest BCUT2D eigenvalue weighted by molar-refractivity contribution is -0.217. The fraction of sp³-hybridized carbons (Fsp3) is 0.200. The summed E-state index contributed by atoms with van der Waals surface area (Å²) in [6.45, 7) is 3.29. The molecule has 0 aromatic rings. The Morgan fingerprint density at radius 3 is 2.91 bits per heavy atom. The summed E-state index contributed by atoms with van der Waals surface area (Å²) in [5.41, 5.74) is 0. The monoisotopic (exact) mass is 191 g/mol. The summed E-state index contributed by atoms with van der Waals surface area (Å²) in [6, 6.07) is 0. The molecule has 0 spiro atoms. The maximum atomic E-state index is 11.0. The van der Waals surface area contributed by atoms with E-state index in [1.54, 1.807) is 0 Å². The Morgan fingerprint density at radius 2 is 2.55 bits per heavy atom. The Balaban J connectivity index is 2.76. The molecule has 0 aliphatic carbocycles. The summed E-state index contributed by atoms with van der Waals surface area (Å²) in [4.78, 5) is 15.8. The van der Waals surface area contributed by atoms with Crippen LogP contribution in [0.1, 0.15) is 0 Å². The molecule has 6 heteroatoms. The fourth-order valence-electron chi connectivity index (χ4n) is 0.636. The molecule has 11 heavy (non-hydrogen) atoms. The molecular formula is C5H5NO3S2. The molecule has 4 nitrogen and oxygen atoms in total. The van der Waals surface area contributed by atoms with Crippen molar-refractivity contribution in [3.05, 3.63) is 12.5 Å². The standard InChI is InChI=1S/C5H5NO3S2/c1-3(9-8)6-4(7)2-11-5(6)10/h8H,1-2H2. The van der Waals surface area contributed by atoms with E-state index in [-0.39, 0.29) is 17.5 Å². The van der Waals surface area contributed by atoms with Crippen LogP contribution in [0.25, 0.3) is 0 Å². The fourth-order valence-corrected chi connectivity index (χ4v) is 1.73. The van der Waals surface area contributed by atoms with E-state index in [1.807, 2.05) is 0 Å². The third kappa shape index (κ3) is 1.52. The Morgan fingerprint density at radius 1 is 1.91 bits per heavy atom. The molecule has 1 rings (SSSR count). The number of carbonyl (C=O) groups excluding carboxylic acids is 1. The van der Waals surface area contributed by atoms with E-state index < -0.39 is 0 Å². The number of thiocarbonyl (C=S) groups is 1. The van der Waals surface area contributed by atoms with Gasteiger partial charge in [0.05, 0.1) is 5.75 Å². The first kappa shape index (κ1) is 8.51. The van der Waals surface area contributed by atoms with Crippen molar-refractivity contribution in [2.24, 2.45) is 0 Å². The molecule has 1 N–H and O–H groups in total. The molecule has 0 unspecified atom stereocenters. The van der Waals surface area contributed by atoms with Gasteiger partial charge in [-0.05, 0) is 6.58 Å². The molecule has 1 amide bonds. The van der Waals surface area contributed by atoms with Crippen molar-refractivity contribution in [2.45, 2.75) is 0 Å². The van der Waals surface area contributed by atoms with Gasteiger partial charge in [-0.2, -0.15) is 0 Å². The molecule has 0 atom stereocenters. The van der Waals surface area contributed by atoms with Gasteiger partial charge >= 0.3 is 0 Å². The second-order valence-corrected chi connectivity index (χ2v) is 3.38. The lowest BCUT2D eigenvalue weighted by atomic mass is 10.6. The highest BCUT2D eigenvalue weighted by Crippen LogP contribution is 2.22. The minimum atomic E-state index is -0.223. The summed E-state index contributed by atoms with van der Waals surface area (Å²) in [7, 11) is 0. The zero-order valence-electron chi connectivity index (χ0n) is 5.44. The first-order chi connectivity index (χ1) is 5.16. The van der Waals surface area contributed by atoms with Crippen molar-refractivity contribution >= 4 is 34.2 Å². The Labute approximate surface area is 72.7 Å². The van der Waals surface area contributed by atoms with Crippen LogP contribution in [0.4, 0.5) is 0 Å². The van der Waals surface area contributed by atoms with Gasteiger partial charge in [0.25, 0.3) is 0 Å². The quantitative estimate of drug-likeness (QED) is 0.303. The predicted octanol–water partition coefficient (Wildman–Crippen LogP) is 0.807. The number of amides is 1. The molecule has 1 saturated heterocycles. The van der Waals surface area contributed by atoms with Gasteiger partial charge in [0.1, 0.15) is 0 Å². The zero-order valence-corrected chi connectivity index (χ0v) is 7.07. The minimum Gasteiger partial charge on any atom is -0.322 e. The van der Waals surface area contributed by atoms with Crippen molar-refractivity contribution in [3.8, 4) is 0 Å². The summed E-state index contributed by atoms with van der Waals surface area (Å²) < 4.78 is 0.356. The third-order valence-electron chi connectivity index (χ3n) is 1.11. The first-order valence-corrected chi connectivity index (χ1v) is 4.06. The predicted molar refractivity (Wildman–Crippen MR) is 44.8 cm³/mol. The van der Waals surface area contributed by atoms with E-state index in [2.05, 4.69) is 11.5 Å². The molecule has 1 heterocycles. The van der Waals surface area contributed by atoms with E-state index in [9.17, 15) is 4.79 Å². The van der Waals surface area contributed by atoms with Crippen molar-refractivity contribution in [3.63, 3.8) is 0 Å². The lowest BCUT2D eigenvalue weighted by Crippen LogP contribution is -2.27. The average Bonchev–Trinajstić information content (AvgIpc) is 2.30. The molecule has 0 radical (unpaired) electrons. The zero-order chi connectivity index (χ0) is 8.43. The van der Waals surface area contributed by atoms with Gasteiger partial charge in [0.2, 0.25) is 11.8 Å². The second-order valence-electron chi connectivity index (χ2n) is 1.77. The highest BCUT2D eigenvalue weighted by Gasteiger charge is 2.30. The smallest absolute Gasteiger partial charge is 0.245 e. The second kappa shape index (κ2) is 3.21. The van der Waals surface area contributed by atoms with Crippen LogP contribution < -0.4 is 0 Å². The molecule has 0 bridgehead atoms. The SMILES string of the molecule is C=C(OO)N1C(=O)CSC1=S. The van der Waals surface area contributed by atoms with E-state index in [4.69, 9.17) is 17.5 Å². The summed E-state index contributed by atoms with van der Waals surface area (Å²) in [5.74, 6) is -0.0923. The number of carbonyl (C=O) groups is 1. The summed E-state index contributed by atoms with van der Waals surface area (Å²) in [5, 5.41) is 8.17. The van der Waals surface area contributed by atoms with Crippen LogP contribution in [0.3, 0.4) is 0 Å². The number of rotatable bonds is 2. The Hall–Kier alpha value is -0.590.